The number of carbonyl (C=O) groups excluding carboxylic acids is 3. The standard InChI is InChI=1S/C22H23N3O5/c1-3-29-19-7-5-4-6-17(19)25-12-14(10-20(25)26)22(28)23-15-8-9-18-16(11-15)24-21(27)13(2)30-18/h4-9,11,13-14H,3,10,12H2,1-2H3,(H,23,28)(H,24,27)/t13-,14+/m0/s1. The lowest BCUT2D eigenvalue weighted by atomic mass is 10.1. The Morgan fingerprint density at radius 1 is 1.27 bits per heavy atom. The van der Waals surface area contributed by atoms with Crippen molar-refractivity contribution in [2.75, 3.05) is 28.7 Å². The Bertz CT molecular complexity index is 1010. The van der Waals surface area contributed by atoms with Crippen molar-refractivity contribution >= 4 is 34.8 Å². The molecule has 2 aromatic rings. The van der Waals surface area contributed by atoms with E-state index in [-0.39, 0.29) is 30.7 Å². The Morgan fingerprint density at radius 2 is 2.07 bits per heavy atom. The summed E-state index contributed by atoms with van der Waals surface area (Å²) in [6, 6.07) is 12.4. The highest BCUT2D eigenvalue weighted by molar-refractivity contribution is 6.05. The maximum absolute atomic E-state index is 12.8. The molecule has 2 atom stereocenters. The van der Waals surface area contributed by atoms with Crippen LogP contribution < -0.4 is 25.0 Å². The third-order valence-corrected chi connectivity index (χ3v) is 5.13. The molecule has 2 aliphatic rings. The van der Waals surface area contributed by atoms with Crippen molar-refractivity contribution in [3.63, 3.8) is 0 Å². The fourth-order valence-electron chi connectivity index (χ4n) is 3.60. The van der Waals surface area contributed by atoms with Crippen LogP contribution in [0.15, 0.2) is 42.5 Å². The summed E-state index contributed by atoms with van der Waals surface area (Å²) in [6.45, 7) is 4.31. The summed E-state index contributed by atoms with van der Waals surface area (Å²) in [6.07, 6.45) is -0.442. The fraction of sp³-hybridized carbons (Fsp3) is 0.318. The van der Waals surface area contributed by atoms with E-state index >= 15 is 0 Å². The second-order valence-corrected chi connectivity index (χ2v) is 7.26. The molecule has 1 fully saturated rings. The van der Waals surface area contributed by atoms with Crippen LogP contribution in [0.4, 0.5) is 17.1 Å². The molecule has 0 bridgehead atoms. The first-order chi connectivity index (χ1) is 14.5. The van der Waals surface area contributed by atoms with Gasteiger partial charge in [0, 0.05) is 18.7 Å². The number of amides is 3. The highest BCUT2D eigenvalue weighted by atomic mass is 16.5. The van der Waals surface area contributed by atoms with Gasteiger partial charge in [-0.05, 0) is 44.2 Å². The number of hydrogen-bond acceptors (Lipinski definition) is 5. The van der Waals surface area contributed by atoms with Crippen LogP contribution in [-0.2, 0) is 14.4 Å². The molecule has 0 aliphatic carbocycles. The highest BCUT2D eigenvalue weighted by Crippen LogP contribution is 2.35. The van der Waals surface area contributed by atoms with E-state index in [1.165, 1.54) is 0 Å². The number of hydrogen-bond donors (Lipinski definition) is 2. The molecule has 0 spiro atoms. The van der Waals surface area contributed by atoms with Gasteiger partial charge >= 0.3 is 0 Å². The number of para-hydroxylation sites is 2. The quantitative estimate of drug-likeness (QED) is 0.792. The molecule has 30 heavy (non-hydrogen) atoms. The number of benzene rings is 2. The summed E-state index contributed by atoms with van der Waals surface area (Å²) in [7, 11) is 0. The normalized spacial score (nSPS) is 20.3. The Morgan fingerprint density at radius 3 is 2.87 bits per heavy atom. The third-order valence-electron chi connectivity index (χ3n) is 5.13. The van der Waals surface area contributed by atoms with Gasteiger partial charge in [0.2, 0.25) is 11.8 Å². The van der Waals surface area contributed by atoms with Gasteiger partial charge in [-0.1, -0.05) is 12.1 Å². The van der Waals surface area contributed by atoms with E-state index in [4.69, 9.17) is 9.47 Å². The van der Waals surface area contributed by atoms with Crippen molar-refractivity contribution < 1.29 is 23.9 Å². The van der Waals surface area contributed by atoms with Gasteiger partial charge in [0.05, 0.1) is 23.9 Å². The van der Waals surface area contributed by atoms with E-state index in [0.717, 1.165) is 0 Å². The van der Waals surface area contributed by atoms with E-state index in [1.54, 1.807) is 30.0 Å². The molecular weight excluding hydrogens is 386 g/mol. The number of carbonyl (C=O) groups is 3. The van der Waals surface area contributed by atoms with Crippen LogP contribution in [0.1, 0.15) is 20.3 Å². The Kier molecular flexibility index (Phi) is 5.31. The maximum Gasteiger partial charge on any atom is 0.265 e. The van der Waals surface area contributed by atoms with Crippen LogP contribution >= 0.6 is 0 Å². The molecule has 2 aliphatic heterocycles. The summed E-state index contributed by atoms with van der Waals surface area (Å²) >= 11 is 0. The number of ether oxygens (including phenoxy) is 2. The first-order valence-corrected chi connectivity index (χ1v) is 9.91. The Labute approximate surface area is 174 Å². The minimum Gasteiger partial charge on any atom is -0.492 e. The molecule has 0 unspecified atom stereocenters. The van der Waals surface area contributed by atoms with E-state index in [2.05, 4.69) is 10.6 Å². The van der Waals surface area contributed by atoms with Gasteiger partial charge in [-0.3, -0.25) is 14.4 Å². The molecule has 8 nitrogen and oxygen atoms in total. The van der Waals surface area contributed by atoms with E-state index < -0.39 is 12.0 Å². The number of fused-ring (bicyclic) bond motifs is 1. The highest BCUT2D eigenvalue weighted by Gasteiger charge is 2.36. The minimum absolute atomic E-state index is 0.120. The number of rotatable bonds is 5. The van der Waals surface area contributed by atoms with Crippen LogP contribution in [0.2, 0.25) is 0 Å². The molecule has 4 rings (SSSR count). The van der Waals surface area contributed by atoms with Gasteiger partial charge in [-0.25, -0.2) is 0 Å². The second-order valence-electron chi connectivity index (χ2n) is 7.26. The average Bonchev–Trinajstić information content (AvgIpc) is 3.11. The fourth-order valence-corrected chi connectivity index (χ4v) is 3.60. The minimum atomic E-state index is -0.562. The topological polar surface area (TPSA) is 97.0 Å². The molecule has 8 heteroatoms. The lowest BCUT2D eigenvalue weighted by Gasteiger charge is -2.24. The predicted octanol–water partition coefficient (Wildman–Crippen LogP) is 2.80. The molecular formula is C22H23N3O5. The van der Waals surface area contributed by atoms with Crippen LogP contribution in [0.3, 0.4) is 0 Å². The van der Waals surface area contributed by atoms with Crippen molar-refractivity contribution in [2.24, 2.45) is 5.92 Å². The van der Waals surface area contributed by atoms with Crippen LogP contribution in [0.25, 0.3) is 0 Å². The average molecular weight is 409 g/mol. The van der Waals surface area contributed by atoms with Gasteiger partial charge in [0.1, 0.15) is 11.5 Å². The molecule has 0 radical (unpaired) electrons. The van der Waals surface area contributed by atoms with Crippen molar-refractivity contribution in [2.45, 2.75) is 26.4 Å². The van der Waals surface area contributed by atoms with E-state index in [9.17, 15) is 14.4 Å². The largest absolute Gasteiger partial charge is 0.492 e. The Balaban J connectivity index is 1.46. The molecule has 2 N–H and O–H groups in total. The summed E-state index contributed by atoms with van der Waals surface area (Å²) in [5.74, 6) is 0.0625. The number of nitrogens with one attached hydrogen (secondary N) is 2. The zero-order valence-electron chi connectivity index (χ0n) is 16.8. The zero-order valence-corrected chi connectivity index (χ0v) is 16.8. The molecule has 0 saturated carbocycles. The number of nitrogens with zero attached hydrogens (tertiary/aromatic N) is 1. The lowest BCUT2D eigenvalue weighted by Crippen LogP contribution is -2.34. The van der Waals surface area contributed by atoms with Gasteiger partial charge in [-0.15, -0.1) is 0 Å². The summed E-state index contributed by atoms with van der Waals surface area (Å²) in [4.78, 5) is 38.8. The summed E-state index contributed by atoms with van der Waals surface area (Å²) < 4.78 is 11.1. The Hall–Kier alpha value is -3.55. The first-order valence-electron chi connectivity index (χ1n) is 9.91. The lowest BCUT2D eigenvalue weighted by molar-refractivity contribution is -0.122. The second kappa shape index (κ2) is 8.06. The molecule has 0 aromatic heterocycles. The third kappa shape index (κ3) is 3.80. The summed E-state index contributed by atoms with van der Waals surface area (Å²) in [5.41, 5.74) is 1.70. The molecule has 2 heterocycles. The smallest absolute Gasteiger partial charge is 0.265 e. The zero-order chi connectivity index (χ0) is 21.3. The SMILES string of the molecule is CCOc1ccccc1N1C[C@H](C(=O)Nc2ccc3c(c2)NC(=O)[C@H](C)O3)CC1=O. The van der Waals surface area contributed by atoms with Crippen LogP contribution in [-0.4, -0.2) is 37.0 Å². The van der Waals surface area contributed by atoms with Crippen LogP contribution in [0.5, 0.6) is 11.5 Å². The van der Waals surface area contributed by atoms with E-state index in [0.29, 0.717) is 35.2 Å². The van der Waals surface area contributed by atoms with Crippen LogP contribution in [0, 0.1) is 5.92 Å². The van der Waals surface area contributed by atoms with Crippen molar-refractivity contribution in [1.82, 2.24) is 0 Å². The van der Waals surface area contributed by atoms with Crippen molar-refractivity contribution in [3.8, 4) is 11.5 Å². The van der Waals surface area contributed by atoms with E-state index in [1.807, 2.05) is 31.2 Å². The molecule has 1 saturated heterocycles. The molecule has 3 amide bonds. The van der Waals surface area contributed by atoms with Crippen molar-refractivity contribution in [3.05, 3.63) is 42.5 Å². The predicted molar refractivity (Wildman–Crippen MR) is 112 cm³/mol. The van der Waals surface area contributed by atoms with Gasteiger partial charge in [0.25, 0.3) is 5.91 Å². The summed E-state index contributed by atoms with van der Waals surface area (Å²) in [5, 5.41) is 5.59. The van der Waals surface area contributed by atoms with Gasteiger partial charge < -0.3 is 25.0 Å². The molecule has 2 aromatic carbocycles. The van der Waals surface area contributed by atoms with Gasteiger partial charge in [-0.2, -0.15) is 0 Å². The van der Waals surface area contributed by atoms with Crippen molar-refractivity contribution in [1.29, 1.82) is 0 Å². The maximum atomic E-state index is 12.8. The molecule has 156 valence electrons. The monoisotopic (exact) mass is 409 g/mol. The van der Waals surface area contributed by atoms with Gasteiger partial charge in [0.15, 0.2) is 6.10 Å². The number of anilines is 3. The first kappa shape index (κ1) is 19.8.